The van der Waals surface area contributed by atoms with Gasteiger partial charge in [0.2, 0.25) is 0 Å². The van der Waals surface area contributed by atoms with Crippen molar-refractivity contribution in [3.63, 3.8) is 0 Å². The van der Waals surface area contributed by atoms with E-state index in [2.05, 4.69) is 22.3 Å². The molecule has 160 valence electrons. The molecule has 1 aliphatic rings. The molecule has 2 aromatic rings. The summed E-state index contributed by atoms with van der Waals surface area (Å²) in [6, 6.07) is 17.5. The smallest absolute Gasteiger partial charge is 0.338 e. The Balaban J connectivity index is 1.37. The number of nitrogens with zero attached hydrogens (tertiary/aromatic N) is 1. The van der Waals surface area contributed by atoms with E-state index in [4.69, 9.17) is 9.47 Å². The molecule has 1 amide bonds. The predicted molar refractivity (Wildman–Crippen MR) is 115 cm³/mol. The molecule has 6 heteroatoms. The molecule has 3 rings (SSSR count). The highest BCUT2D eigenvalue weighted by molar-refractivity contribution is 5.91. The average Bonchev–Trinajstić information content (AvgIpc) is 2.78. The first-order valence-corrected chi connectivity index (χ1v) is 10.5. The van der Waals surface area contributed by atoms with E-state index in [1.54, 1.807) is 12.1 Å². The van der Waals surface area contributed by atoms with Gasteiger partial charge in [-0.05, 0) is 43.0 Å². The minimum Gasteiger partial charge on any atom is -0.452 e. The molecule has 0 radical (unpaired) electrons. The fourth-order valence-electron chi connectivity index (χ4n) is 3.39. The van der Waals surface area contributed by atoms with Crippen molar-refractivity contribution in [1.82, 2.24) is 10.2 Å². The first-order valence-electron chi connectivity index (χ1n) is 10.5. The Morgan fingerprint density at radius 1 is 1.03 bits per heavy atom. The molecule has 30 heavy (non-hydrogen) atoms. The van der Waals surface area contributed by atoms with E-state index in [9.17, 15) is 9.59 Å². The molecular formula is C24H30N2O4. The largest absolute Gasteiger partial charge is 0.452 e. The Hall–Kier alpha value is -2.70. The number of rotatable bonds is 9. The van der Waals surface area contributed by atoms with Crippen LogP contribution < -0.4 is 5.32 Å². The average molecular weight is 411 g/mol. The van der Waals surface area contributed by atoms with Gasteiger partial charge in [-0.15, -0.1) is 0 Å². The molecule has 0 saturated carbocycles. The minimum absolute atomic E-state index is 0.0101. The highest BCUT2D eigenvalue weighted by Gasteiger charge is 2.14. The lowest BCUT2D eigenvalue weighted by atomic mass is 10.1. The van der Waals surface area contributed by atoms with Crippen molar-refractivity contribution >= 4 is 11.9 Å². The maximum Gasteiger partial charge on any atom is 0.338 e. The van der Waals surface area contributed by atoms with Crippen LogP contribution in [0, 0.1) is 0 Å². The van der Waals surface area contributed by atoms with Gasteiger partial charge in [-0.3, -0.25) is 9.69 Å². The van der Waals surface area contributed by atoms with E-state index < -0.39 is 5.97 Å². The van der Waals surface area contributed by atoms with Crippen molar-refractivity contribution in [3.8, 4) is 0 Å². The van der Waals surface area contributed by atoms with Crippen molar-refractivity contribution in [2.24, 2.45) is 0 Å². The van der Waals surface area contributed by atoms with Gasteiger partial charge in [0.25, 0.3) is 5.91 Å². The molecule has 1 atom stereocenters. The van der Waals surface area contributed by atoms with E-state index in [0.29, 0.717) is 5.56 Å². The van der Waals surface area contributed by atoms with Crippen LogP contribution >= 0.6 is 0 Å². The Bertz CT molecular complexity index is 802. The van der Waals surface area contributed by atoms with Crippen LogP contribution in [0.4, 0.5) is 0 Å². The van der Waals surface area contributed by atoms with E-state index in [1.807, 2.05) is 37.3 Å². The lowest BCUT2D eigenvalue weighted by Crippen LogP contribution is -2.36. The molecule has 1 heterocycles. The third kappa shape index (κ3) is 7.28. The van der Waals surface area contributed by atoms with E-state index >= 15 is 0 Å². The number of morpholine rings is 1. The van der Waals surface area contributed by atoms with E-state index in [1.165, 1.54) is 5.56 Å². The maximum absolute atomic E-state index is 12.2. The maximum atomic E-state index is 12.2. The van der Waals surface area contributed by atoms with Gasteiger partial charge in [0.15, 0.2) is 6.61 Å². The third-order valence-corrected chi connectivity index (χ3v) is 5.15. The van der Waals surface area contributed by atoms with Gasteiger partial charge in [-0.1, -0.05) is 42.5 Å². The number of benzene rings is 2. The number of ether oxygens (including phenoxy) is 2. The van der Waals surface area contributed by atoms with Crippen LogP contribution in [-0.4, -0.2) is 55.7 Å². The molecular weight excluding hydrogens is 380 g/mol. The normalized spacial score (nSPS) is 15.4. The fourth-order valence-corrected chi connectivity index (χ4v) is 3.39. The minimum atomic E-state index is -0.486. The number of amides is 1. The van der Waals surface area contributed by atoms with Crippen LogP contribution in [0.15, 0.2) is 54.6 Å². The lowest BCUT2D eigenvalue weighted by molar-refractivity contribution is -0.124. The summed E-state index contributed by atoms with van der Waals surface area (Å²) in [7, 11) is 0. The van der Waals surface area contributed by atoms with Crippen LogP contribution in [0.3, 0.4) is 0 Å². The second-order valence-corrected chi connectivity index (χ2v) is 7.65. The summed E-state index contributed by atoms with van der Waals surface area (Å²) in [5.41, 5.74) is 2.83. The Labute approximate surface area is 178 Å². The van der Waals surface area contributed by atoms with Gasteiger partial charge in [-0.2, -0.15) is 0 Å². The molecule has 0 aromatic heterocycles. The number of esters is 1. The predicted octanol–water partition coefficient (Wildman–Crippen LogP) is 2.81. The van der Waals surface area contributed by atoms with Crippen LogP contribution in [0.5, 0.6) is 0 Å². The Kier molecular flexibility index (Phi) is 8.41. The van der Waals surface area contributed by atoms with Gasteiger partial charge in [0.1, 0.15) is 0 Å². The second kappa shape index (κ2) is 11.5. The summed E-state index contributed by atoms with van der Waals surface area (Å²) in [6.07, 6.45) is 1.72. The summed E-state index contributed by atoms with van der Waals surface area (Å²) < 4.78 is 10.5. The van der Waals surface area contributed by atoms with Crippen molar-refractivity contribution in [2.45, 2.75) is 32.4 Å². The number of nitrogens with one attached hydrogen (secondary N) is 1. The zero-order valence-corrected chi connectivity index (χ0v) is 17.5. The number of carbonyl (C=O) groups excluding carboxylic acids is 2. The van der Waals surface area contributed by atoms with Crippen LogP contribution in [0.2, 0.25) is 0 Å². The number of carbonyl (C=O) groups is 2. The second-order valence-electron chi connectivity index (χ2n) is 7.65. The number of aryl methyl sites for hydroxylation is 1. The summed E-state index contributed by atoms with van der Waals surface area (Å²) >= 11 is 0. The molecule has 1 saturated heterocycles. The summed E-state index contributed by atoms with van der Waals surface area (Å²) in [5.74, 6) is -0.770. The van der Waals surface area contributed by atoms with Crippen molar-refractivity contribution in [3.05, 3.63) is 71.3 Å². The monoisotopic (exact) mass is 410 g/mol. The molecule has 0 bridgehead atoms. The first kappa shape index (κ1) is 22.0. The van der Waals surface area contributed by atoms with Crippen molar-refractivity contribution < 1.29 is 19.1 Å². The number of hydrogen-bond acceptors (Lipinski definition) is 5. The lowest BCUT2D eigenvalue weighted by Gasteiger charge is -2.26. The molecule has 2 aromatic carbocycles. The Morgan fingerprint density at radius 3 is 2.43 bits per heavy atom. The quantitative estimate of drug-likeness (QED) is 0.644. The van der Waals surface area contributed by atoms with Gasteiger partial charge in [0.05, 0.1) is 18.8 Å². The first-order chi connectivity index (χ1) is 14.6. The summed E-state index contributed by atoms with van der Waals surface area (Å²) in [5, 5.41) is 2.88. The van der Waals surface area contributed by atoms with E-state index in [0.717, 1.165) is 51.3 Å². The summed E-state index contributed by atoms with van der Waals surface area (Å²) in [6.45, 7) is 5.88. The standard InChI is InChI=1S/C24H30N2O4/c1-19(7-8-20-5-3-2-4-6-20)25-23(27)18-30-24(28)22-11-9-21(10-12-22)17-26-13-15-29-16-14-26/h2-6,9-12,19H,7-8,13-18H2,1H3,(H,25,27)/t19-/m1/s1. The molecule has 6 nitrogen and oxygen atoms in total. The van der Waals surface area contributed by atoms with Crippen molar-refractivity contribution in [1.29, 1.82) is 0 Å². The van der Waals surface area contributed by atoms with Crippen molar-refractivity contribution in [2.75, 3.05) is 32.9 Å². The van der Waals surface area contributed by atoms with Gasteiger partial charge < -0.3 is 14.8 Å². The zero-order chi connectivity index (χ0) is 21.2. The molecule has 1 N–H and O–H groups in total. The highest BCUT2D eigenvalue weighted by Crippen LogP contribution is 2.10. The zero-order valence-electron chi connectivity index (χ0n) is 17.5. The molecule has 0 aliphatic carbocycles. The molecule has 0 unspecified atom stereocenters. The number of hydrogen-bond donors (Lipinski definition) is 1. The van der Waals surface area contributed by atoms with E-state index in [-0.39, 0.29) is 18.6 Å². The van der Waals surface area contributed by atoms with Crippen LogP contribution in [0.25, 0.3) is 0 Å². The highest BCUT2D eigenvalue weighted by atomic mass is 16.5. The van der Waals surface area contributed by atoms with Gasteiger partial charge in [-0.25, -0.2) is 4.79 Å². The van der Waals surface area contributed by atoms with Gasteiger partial charge >= 0.3 is 5.97 Å². The van der Waals surface area contributed by atoms with Crippen LogP contribution in [0.1, 0.15) is 34.8 Å². The third-order valence-electron chi connectivity index (χ3n) is 5.15. The molecule has 0 spiro atoms. The fraction of sp³-hybridized carbons (Fsp3) is 0.417. The molecule has 1 aliphatic heterocycles. The summed E-state index contributed by atoms with van der Waals surface area (Å²) in [4.78, 5) is 26.6. The molecule has 1 fully saturated rings. The Morgan fingerprint density at radius 2 is 1.73 bits per heavy atom. The van der Waals surface area contributed by atoms with Crippen LogP contribution in [-0.2, 0) is 27.2 Å². The topological polar surface area (TPSA) is 67.9 Å². The van der Waals surface area contributed by atoms with Gasteiger partial charge in [0, 0.05) is 25.7 Å². The SMILES string of the molecule is C[C@H](CCc1ccccc1)NC(=O)COC(=O)c1ccc(CN2CCOCC2)cc1.